The molecule has 2 aromatic heterocycles. The van der Waals surface area contributed by atoms with Crippen molar-refractivity contribution in [3.05, 3.63) is 92.5 Å². The van der Waals surface area contributed by atoms with Crippen molar-refractivity contribution >= 4 is 0 Å². The van der Waals surface area contributed by atoms with Crippen molar-refractivity contribution in [1.82, 2.24) is 24.2 Å². The Bertz CT molecular complexity index is 1140. The number of pyridine rings is 1. The average molecular weight is 389 g/mol. The fourth-order valence-corrected chi connectivity index (χ4v) is 4.65. The van der Waals surface area contributed by atoms with Crippen LogP contribution in [-0.2, 0) is 26.1 Å². The van der Waals surface area contributed by atoms with Gasteiger partial charge in [0.15, 0.2) is 0 Å². The Morgan fingerprint density at radius 2 is 1.66 bits per heavy atom. The highest BCUT2D eigenvalue weighted by molar-refractivity contribution is 5.16. The molecule has 1 fully saturated rings. The van der Waals surface area contributed by atoms with E-state index in [-0.39, 0.29) is 5.41 Å². The number of aromatic nitrogens is 4. The molecule has 0 saturated carbocycles. The molecule has 0 unspecified atom stereocenters. The molecule has 0 bridgehead atoms. The molecule has 0 amide bonds. The van der Waals surface area contributed by atoms with Crippen molar-refractivity contribution in [2.24, 2.45) is 5.41 Å². The van der Waals surface area contributed by atoms with Crippen molar-refractivity contribution < 1.29 is 0 Å². The van der Waals surface area contributed by atoms with E-state index in [1.54, 1.807) is 4.57 Å². The molecular formula is C22H23N5O2. The second-order valence-electron chi connectivity index (χ2n) is 8.25. The molecular weight excluding hydrogens is 366 g/mol. The van der Waals surface area contributed by atoms with Crippen LogP contribution in [-0.4, -0.2) is 37.3 Å². The van der Waals surface area contributed by atoms with Gasteiger partial charge in [-0.2, -0.15) is 5.10 Å². The topological polar surface area (TPSA) is 73.0 Å². The lowest BCUT2D eigenvalue weighted by Gasteiger charge is -2.22. The van der Waals surface area contributed by atoms with Crippen molar-refractivity contribution in [2.45, 2.75) is 32.5 Å². The van der Waals surface area contributed by atoms with E-state index in [1.165, 1.54) is 10.2 Å². The van der Waals surface area contributed by atoms with Crippen molar-refractivity contribution in [1.29, 1.82) is 0 Å². The van der Waals surface area contributed by atoms with E-state index in [1.807, 2.05) is 54.9 Å². The Hall–Kier alpha value is -3.06. The molecule has 148 valence electrons. The van der Waals surface area contributed by atoms with Crippen LogP contribution >= 0.6 is 0 Å². The third-order valence-electron chi connectivity index (χ3n) is 6.08. The van der Waals surface area contributed by atoms with E-state index in [0.717, 1.165) is 43.9 Å². The second kappa shape index (κ2) is 7.08. The Kier molecular flexibility index (Phi) is 4.39. The van der Waals surface area contributed by atoms with Crippen molar-refractivity contribution in [3.63, 3.8) is 0 Å². The van der Waals surface area contributed by atoms with Gasteiger partial charge in [-0.1, -0.05) is 30.3 Å². The largest absolute Gasteiger partial charge is 0.332 e. The molecule has 2 aliphatic rings. The number of hydrogen-bond acceptors (Lipinski definition) is 5. The number of rotatable bonds is 4. The van der Waals surface area contributed by atoms with E-state index < -0.39 is 11.1 Å². The Morgan fingerprint density at radius 3 is 2.45 bits per heavy atom. The average Bonchev–Trinajstić information content (AvgIpc) is 3.30. The summed E-state index contributed by atoms with van der Waals surface area (Å²) < 4.78 is 2.94. The van der Waals surface area contributed by atoms with Gasteiger partial charge >= 0.3 is 11.1 Å². The predicted molar refractivity (Wildman–Crippen MR) is 109 cm³/mol. The minimum atomic E-state index is -0.540. The fraction of sp³-hybridized carbons (Fsp3) is 0.364. The smallest absolute Gasteiger partial charge is 0.298 e. The molecule has 7 nitrogen and oxygen atoms in total. The monoisotopic (exact) mass is 389 g/mol. The van der Waals surface area contributed by atoms with Gasteiger partial charge in [-0.25, -0.2) is 4.68 Å². The first kappa shape index (κ1) is 18.0. The highest BCUT2D eigenvalue weighted by atomic mass is 16.2. The Labute approximate surface area is 168 Å². The molecule has 4 heterocycles. The Balaban J connectivity index is 1.37. The second-order valence-corrected chi connectivity index (χ2v) is 8.25. The van der Waals surface area contributed by atoms with Crippen LogP contribution in [0.3, 0.4) is 0 Å². The summed E-state index contributed by atoms with van der Waals surface area (Å²) in [4.78, 5) is 31.8. The van der Waals surface area contributed by atoms with Gasteiger partial charge in [-0.15, -0.1) is 0 Å². The van der Waals surface area contributed by atoms with Gasteiger partial charge in [0.2, 0.25) is 0 Å². The van der Waals surface area contributed by atoms with Crippen LogP contribution in [0.4, 0.5) is 0 Å². The molecule has 0 radical (unpaired) electrons. The molecule has 7 heteroatoms. The van der Waals surface area contributed by atoms with Gasteiger partial charge in [0, 0.05) is 43.9 Å². The van der Waals surface area contributed by atoms with Gasteiger partial charge < -0.3 is 0 Å². The van der Waals surface area contributed by atoms with E-state index >= 15 is 0 Å². The summed E-state index contributed by atoms with van der Waals surface area (Å²) >= 11 is 0. The van der Waals surface area contributed by atoms with E-state index in [4.69, 9.17) is 0 Å². The molecule has 3 aromatic rings. The number of hydrogen-bond donors (Lipinski definition) is 0. The number of fused-ring (bicyclic) bond motifs is 1. The highest BCUT2D eigenvalue weighted by Crippen LogP contribution is 2.39. The first-order valence-corrected chi connectivity index (χ1v) is 9.98. The van der Waals surface area contributed by atoms with Crippen LogP contribution in [0.5, 0.6) is 0 Å². The molecule has 1 aromatic carbocycles. The minimum Gasteiger partial charge on any atom is -0.298 e. The van der Waals surface area contributed by atoms with Gasteiger partial charge in [0.25, 0.3) is 0 Å². The molecule has 1 atom stereocenters. The SMILES string of the molecule is O=c1c(=O)n2c(nn1Cc1ccccc1)C[C@@]1(CCN(Cc3ccncc3)C1)C2. The molecule has 5 rings (SSSR count). The van der Waals surface area contributed by atoms with Crippen LogP contribution in [0.1, 0.15) is 23.4 Å². The third kappa shape index (κ3) is 3.42. The van der Waals surface area contributed by atoms with Gasteiger partial charge in [0.1, 0.15) is 5.82 Å². The lowest BCUT2D eigenvalue weighted by molar-refractivity contribution is 0.246. The zero-order valence-electron chi connectivity index (χ0n) is 16.2. The summed E-state index contributed by atoms with van der Waals surface area (Å²) in [7, 11) is 0. The molecule has 0 aliphatic carbocycles. The van der Waals surface area contributed by atoms with Crippen LogP contribution in [0.2, 0.25) is 0 Å². The molecule has 29 heavy (non-hydrogen) atoms. The van der Waals surface area contributed by atoms with E-state index in [0.29, 0.717) is 13.1 Å². The summed E-state index contributed by atoms with van der Waals surface area (Å²) in [6, 6.07) is 13.7. The van der Waals surface area contributed by atoms with Gasteiger partial charge in [0.05, 0.1) is 6.54 Å². The quantitative estimate of drug-likeness (QED) is 0.629. The number of nitrogens with zero attached hydrogens (tertiary/aromatic N) is 5. The predicted octanol–water partition coefficient (Wildman–Crippen LogP) is 1.30. The Morgan fingerprint density at radius 1 is 0.897 bits per heavy atom. The first-order valence-electron chi connectivity index (χ1n) is 9.98. The molecule has 1 saturated heterocycles. The van der Waals surface area contributed by atoms with Crippen LogP contribution in [0.25, 0.3) is 0 Å². The van der Waals surface area contributed by atoms with Crippen LogP contribution < -0.4 is 11.1 Å². The van der Waals surface area contributed by atoms with Crippen LogP contribution in [0.15, 0.2) is 64.4 Å². The van der Waals surface area contributed by atoms with Crippen LogP contribution in [0, 0.1) is 5.41 Å². The highest BCUT2D eigenvalue weighted by Gasteiger charge is 2.44. The number of likely N-dealkylation sites (tertiary alicyclic amines) is 1. The molecule has 0 N–H and O–H groups in total. The maximum Gasteiger partial charge on any atom is 0.332 e. The maximum absolute atomic E-state index is 12.8. The number of benzene rings is 1. The maximum atomic E-state index is 12.8. The normalized spacial score (nSPS) is 21.0. The zero-order valence-corrected chi connectivity index (χ0v) is 16.2. The van der Waals surface area contributed by atoms with Gasteiger partial charge in [-0.05, 0) is 36.2 Å². The van der Waals surface area contributed by atoms with E-state index in [9.17, 15) is 9.59 Å². The standard InChI is InChI=1S/C22H23N5O2/c28-20-21(29)27(14-17-4-2-1-3-5-17)24-19-12-22(16-26(19)20)8-11-25(15-22)13-18-6-9-23-10-7-18/h1-7,9-10H,8,11-16H2/t22-/m1/s1. The van der Waals surface area contributed by atoms with Crippen molar-refractivity contribution in [3.8, 4) is 0 Å². The zero-order chi connectivity index (χ0) is 19.8. The van der Waals surface area contributed by atoms with E-state index in [2.05, 4.69) is 15.0 Å². The summed E-state index contributed by atoms with van der Waals surface area (Å²) in [5, 5.41) is 4.58. The van der Waals surface area contributed by atoms with Crippen molar-refractivity contribution in [2.75, 3.05) is 13.1 Å². The third-order valence-corrected chi connectivity index (χ3v) is 6.08. The first-order chi connectivity index (χ1) is 14.1. The summed E-state index contributed by atoms with van der Waals surface area (Å²) in [6.07, 6.45) is 5.38. The summed E-state index contributed by atoms with van der Waals surface area (Å²) in [6.45, 7) is 3.68. The van der Waals surface area contributed by atoms with Gasteiger partial charge in [-0.3, -0.25) is 24.0 Å². The lowest BCUT2D eigenvalue weighted by atomic mass is 9.86. The summed E-state index contributed by atoms with van der Waals surface area (Å²) in [5.41, 5.74) is 1.20. The summed E-state index contributed by atoms with van der Waals surface area (Å²) in [5.74, 6) is 0.733. The molecule has 1 spiro atoms. The molecule has 2 aliphatic heterocycles. The minimum absolute atomic E-state index is 0.00936. The fourth-order valence-electron chi connectivity index (χ4n) is 4.65. The lowest BCUT2D eigenvalue weighted by Crippen LogP contribution is -2.43.